The number of aromatic nitrogens is 2. The molecule has 1 saturated heterocycles. The fraction of sp³-hybridized carbons (Fsp3) is 0.462. The van der Waals surface area contributed by atoms with Crippen molar-refractivity contribution in [1.29, 1.82) is 0 Å². The van der Waals surface area contributed by atoms with Gasteiger partial charge in [0.15, 0.2) is 10.8 Å². The zero-order valence-electron chi connectivity index (χ0n) is 12.0. The molecular formula is C13H18N4O3S. The lowest BCUT2D eigenvalue weighted by Crippen LogP contribution is -2.50. The molecule has 3 rings (SSSR count). The van der Waals surface area contributed by atoms with Gasteiger partial charge in [0.1, 0.15) is 5.65 Å². The first-order valence-corrected chi connectivity index (χ1v) is 8.12. The number of morpholine rings is 1. The van der Waals surface area contributed by atoms with Crippen LogP contribution < -0.4 is 5.73 Å². The Hall–Kier alpha value is -1.64. The maximum Gasteiger partial charge on any atom is 0.263 e. The van der Waals surface area contributed by atoms with Crippen LogP contribution in [0.2, 0.25) is 0 Å². The Bertz CT molecular complexity index is 782. The number of imidazole rings is 1. The summed E-state index contributed by atoms with van der Waals surface area (Å²) in [4.78, 5) is 4.11. The molecule has 3 heterocycles. The zero-order chi connectivity index (χ0) is 15.3. The van der Waals surface area contributed by atoms with Crippen molar-refractivity contribution in [3.8, 4) is 0 Å². The highest BCUT2D eigenvalue weighted by Crippen LogP contribution is 2.27. The number of nitrogens with zero attached hydrogens (tertiary/aromatic N) is 3. The van der Waals surface area contributed by atoms with Gasteiger partial charge in [0.2, 0.25) is 0 Å². The second kappa shape index (κ2) is 4.69. The van der Waals surface area contributed by atoms with Crippen LogP contribution in [0.4, 0.5) is 5.82 Å². The summed E-state index contributed by atoms with van der Waals surface area (Å²) in [6.45, 7) is 4.70. The van der Waals surface area contributed by atoms with Gasteiger partial charge in [-0.2, -0.15) is 4.31 Å². The van der Waals surface area contributed by atoms with Gasteiger partial charge in [-0.05, 0) is 26.0 Å². The molecular weight excluding hydrogens is 292 g/mol. The third kappa shape index (κ3) is 2.39. The summed E-state index contributed by atoms with van der Waals surface area (Å²) in [6, 6.07) is 5.26. The lowest BCUT2D eigenvalue weighted by Gasteiger charge is -2.37. The highest BCUT2D eigenvalue weighted by molar-refractivity contribution is 7.89. The van der Waals surface area contributed by atoms with Crippen LogP contribution in [0.25, 0.3) is 5.65 Å². The first kappa shape index (κ1) is 14.3. The van der Waals surface area contributed by atoms with Gasteiger partial charge in [0.25, 0.3) is 10.0 Å². The number of fused-ring (bicyclic) bond motifs is 1. The van der Waals surface area contributed by atoms with E-state index in [-0.39, 0.29) is 17.4 Å². The molecule has 0 amide bonds. The topological polar surface area (TPSA) is 89.9 Å². The maximum absolute atomic E-state index is 12.9. The predicted octanol–water partition coefficient (Wildman–Crippen LogP) is 0.716. The normalized spacial score (nSPS) is 19.9. The Morgan fingerprint density at radius 2 is 2.14 bits per heavy atom. The van der Waals surface area contributed by atoms with E-state index >= 15 is 0 Å². The van der Waals surface area contributed by atoms with E-state index in [0.717, 1.165) is 0 Å². The molecule has 21 heavy (non-hydrogen) atoms. The SMILES string of the molecule is CC1(C)CN(S(=O)(=O)c2c(N)nc3ccccn23)CCO1. The van der Waals surface area contributed by atoms with Gasteiger partial charge >= 0.3 is 0 Å². The van der Waals surface area contributed by atoms with Crippen LogP contribution in [-0.4, -0.2) is 47.4 Å². The summed E-state index contributed by atoms with van der Waals surface area (Å²) in [5, 5.41) is 0.0239. The fourth-order valence-electron chi connectivity index (χ4n) is 2.55. The molecule has 0 atom stereocenters. The molecule has 1 aliphatic heterocycles. The van der Waals surface area contributed by atoms with E-state index in [1.165, 1.54) is 8.71 Å². The van der Waals surface area contributed by atoms with Crippen molar-refractivity contribution in [3.63, 3.8) is 0 Å². The van der Waals surface area contributed by atoms with Gasteiger partial charge < -0.3 is 10.5 Å². The smallest absolute Gasteiger partial charge is 0.263 e. The van der Waals surface area contributed by atoms with Crippen LogP contribution in [0, 0.1) is 0 Å². The van der Waals surface area contributed by atoms with Gasteiger partial charge in [-0.1, -0.05) is 6.07 Å². The number of hydrogen-bond donors (Lipinski definition) is 1. The first-order chi connectivity index (χ1) is 9.81. The average molecular weight is 310 g/mol. The Kier molecular flexibility index (Phi) is 3.19. The standard InChI is InChI=1S/C13H18N4O3S/c1-13(2)9-16(7-8-20-13)21(18,19)12-11(14)15-10-5-3-4-6-17(10)12/h3-6H,7-9,14H2,1-2H3. The number of nitrogens with two attached hydrogens (primary N) is 1. The number of pyridine rings is 1. The molecule has 0 saturated carbocycles. The lowest BCUT2D eigenvalue weighted by molar-refractivity contribution is -0.0640. The summed E-state index contributed by atoms with van der Waals surface area (Å²) in [5.41, 5.74) is 5.85. The van der Waals surface area contributed by atoms with Crippen LogP contribution >= 0.6 is 0 Å². The van der Waals surface area contributed by atoms with E-state index in [2.05, 4.69) is 4.98 Å². The third-order valence-electron chi connectivity index (χ3n) is 3.49. The quantitative estimate of drug-likeness (QED) is 0.882. The maximum atomic E-state index is 12.9. The van der Waals surface area contributed by atoms with Crippen molar-refractivity contribution in [2.45, 2.75) is 24.5 Å². The van der Waals surface area contributed by atoms with E-state index in [4.69, 9.17) is 10.5 Å². The number of sulfonamides is 1. The van der Waals surface area contributed by atoms with Crippen LogP contribution in [0.5, 0.6) is 0 Å². The molecule has 0 bridgehead atoms. The third-order valence-corrected chi connectivity index (χ3v) is 5.37. The molecule has 2 aromatic heterocycles. The molecule has 0 radical (unpaired) electrons. The molecule has 0 aromatic carbocycles. The van der Waals surface area contributed by atoms with Crippen molar-refractivity contribution in [1.82, 2.24) is 13.7 Å². The number of ether oxygens (including phenoxy) is 1. The monoisotopic (exact) mass is 310 g/mol. The predicted molar refractivity (Wildman–Crippen MR) is 78.4 cm³/mol. The fourth-order valence-corrected chi connectivity index (χ4v) is 4.30. The zero-order valence-corrected chi connectivity index (χ0v) is 12.8. The van der Waals surface area contributed by atoms with Gasteiger partial charge in [0.05, 0.1) is 12.2 Å². The Labute approximate surface area is 123 Å². The summed E-state index contributed by atoms with van der Waals surface area (Å²) in [7, 11) is -3.72. The minimum absolute atomic E-state index is 0.0190. The average Bonchev–Trinajstić information content (AvgIpc) is 2.73. The summed E-state index contributed by atoms with van der Waals surface area (Å²) in [6.07, 6.45) is 1.65. The lowest BCUT2D eigenvalue weighted by atomic mass is 10.1. The Balaban J connectivity index is 2.10. The molecule has 7 nitrogen and oxygen atoms in total. The van der Waals surface area contributed by atoms with E-state index in [0.29, 0.717) is 18.8 Å². The van der Waals surface area contributed by atoms with Crippen molar-refractivity contribution in [2.24, 2.45) is 0 Å². The van der Waals surface area contributed by atoms with Crippen LogP contribution in [-0.2, 0) is 14.8 Å². The number of rotatable bonds is 2. The van der Waals surface area contributed by atoms with Crippen molar-refractivity contribution < 1.29 is 13.2 Å². The summed E-state index contributed by atoms with van der Waals surface area (Å²) in [5.74, 6) is 0.0190. The van der Waals surface area contributed by atoms with Gasteiger partial charge in [-0.15, -0.1) is 0 Å². The second-order valence-electron chi connectivity index (χ2n) is 5.68. The van der Waals surface area contributed by atoms with Crippen molar-refractivity contribution in [3.05, 3.63) is 24.4 Å². The Morgan fingerprint density at radius 1 is 1.38 bits per heavy atom. The summed E-state index contributed by atoms with van der Waals surface area (Å²) < 4.78 is 34.3. The second-order valence-corrected chi connectivity index (χ2v) is 7.53. The van der Waals surface area contributed by atoms with Crippen LogP contribution in [0.3, 0.4) is 0 Å². The van der Waals surface area contributed by atoms with E-state index < -0.39 is 15.6 Å². The van der Waals surface area contributed by atoms with Gasteiger partial charge in [-0.3, -0.25) is 4.40 Å². The van der Waals surface area contributed by atoms with Crippen molar-refractivity contribution >= 4 is 21.5 Å². The molecule has 8 heteroatoms. The molecule has 2 aromatic rings. The van der Waals surface area contributed by atoms with Crippen LogP contribution in [0.15, 0.2) is 29.4 Å². The molecule has 0 aliphatic carbocycles. The molecule has 114 valence electrons. The molecule has 0 spiro atoms. The van der Waals surface area contributed by atoms with Crippen molar-refractivity contribution in [2.75, 3.05) is 25.4 Å². The molecule has 0 unspecified atom stereocenters. The largest absolute Gasteiger partial charge is 0.381 e. The molecule has 2 N–H and O–H groups in total. The number of hydrogen-bond acceptors (Lipinski definition) is 5. The highest BCUT2D eigenvalue weighted by atomic mass is 32.2. The van der Waals surface area contributed by atoms with Gasteiger partial charge in [-0.25, -0.2) is 13.4 Å². The van der Waals surface area contributed by atoms with E-state index in [9.17, 15) is 8.42 Å². The number of nitrogen functional groups attached to an aromatic ring is 1. The molecule has 1 fully saturated rings. The highest BCUT2D eigenvalue weighted by Gasteiger charge is 2.37. The van der Waals surface area contributed by atoms with Gasteiger partial charge in [0, 0.05) is 19.3 Å². The van der Waals surface area contributed by atoms with E-state index in [1.54, 1.807) is 24.4 Å². The van der Waals surface area contributed by atoms with Crippen LogP contribution in [0.1, 0.15) is 13.8 Å². The first-order valence-electron chi connectivity index (χ1n) is 6.68. The summed E-state index contributed by atoms with van der Waals surface area (Å²) >= 11 is 0. The van der Waals surface area contributed by atoms with E-state index in [1.807, 2.05) is 13.8 Å². The minimum atomic E-state index is -3.72. The minimum Gasteiger partial charge on any atom is -0.381 e. The number of anilines is 1. The Morgan fingerprint density at radius 3 is 2.86 bits per heavy atom. The molecule has 1 aliphatic rings.